The van der Waals surface area contributed by atoms with Crippen molar-refractivity contribution >= 4 is 21.6 Å². The van der Waals surface area contributed by atoms with E-state index in [-0.39, 0.29) is 0 Å². The zero-order valence-corrected chi connectivity index (χ0v) is 11.0. The van der Waals surface area contributed by atoms with Crippen molar-refractivity contribution in [3.63, 3.8) is 0 Å². The van der Waals surface area contributed by atoms with Crippen LogP contribution in [0.3, 0.4) is 0 Å². The van der Waals surface area contributed by atoms with Crippen LogP contribution < -0.4 is 10.6 Å². The monoisotopic (exact) mass is 270 g/mol. The number of nitrogens with zero attached hydrogens (tertiary/aromatic N) is 1. The van der Waals surface area contributed by atoms with E-state index in [1.807, 2.05) is 0 Å². The van der Waals surface area contributed by atoms with Crippen molar-refractivity contribution in [2.75, 3.05) is 18.5 Å². The summed E-state index contributed by atoms with van der Waals surface area (Å²) in [5.41, 5.74) is 8.01. The molecular formula is C12H19BrN2. The third-order valence-corrected chi connectivity index (χ3v) is 3.28. The smallest absolute Gasteiger partial charge is 0.0375 e. The predicted octanol–water partition coefficient (Wildman–Crippen LogP) is 3.14. The molecule has 84 valence electrons. The fourth-order valence-electron chi connectivity index (χ4n) is 1.46. The number of hydrogen-bond donors (Lipinski definition) is 1. The molecule has 0 aliphatic rings. The van der Waals surface area contributed by atoms with Crippen LogP contribution in [-0.4, -0.2) is 13.6 Å². The maximum Gasteiger partial charge on any atom is 0.0375 e. The summed E-state index contributed by atoms with van der Waals surface area (Å²) in [6, 6.07) is 6.35. The minimum Gasteiger partial charge on any atom is -0.375 e. The molecule has 0 saturated carbocycles. The molecule has 3 heteroatoms. The summed E-state index contributed by atoms with van der Waals surface area (Å²) in [4.78, 5) is 2.27. The molecule has 1 aromatic carbocycles. The van der Waals surface area contributed by atoms with Gasteiger partial charge in [0.2, 0.25) is 0 Å². The highest BCUT2D eigenvalue weighted by atomic mass is 79.9. The van der Waals surface area contributed by atoms with Crippen molar-refractivity contribution in [2.24, 2.45) is 5.73 Å². The lowest BCUT2D eigenvalue weighted by atomic mass is 10.2. The van der Waals surface area contributed by atoms with Crippen molar-refractivity contribution in [1.82, 2.24) is 0 Å². The highest BCUT2D eigenvalue weighted by Gasteiger charge is 2.03. The van der Waals surface area contributed by atoms with Crippen molar-refractivity contribution < 1.29 is 0 Å². The molecule has 0 saturated heterocycles. The summed E-state index contributed by atoms with van der Waals surface area (Å²) in [6.45, 7) is 3.89. The Morgan fingerprint density at radius 2 is 2.13 bits per heavy atom. The van der Waals surface area contributed by atoms with Crippen LogP contribution in [-0.2, 0) is 6.54 Å². The van der Waals surface area contributed by atoms with Crippen LogP contribution in [0.25, 0.3) is 0 Å². The Morgan fingerprint density at radius 1 is 1.40 bits per heavy atom. The van der Waals surface area contributed by atoms with Gasteiger partial charge in [-0.1, -0.05) is 35.3 Å². The molecule has 15 heavy (non-hydrogen) atoms. The second-order valence-corrected chi connectivity index (χ2v) is 4.61. The van der Waals surface area contributed by atoms with Crippen LogP contribution in [0.4, 0.5) is 5.69 Å². The highest BCUT2D eigenvalue weighted by Crippen LogP contribution is 2.23. The fraction of sp³-hybridized carbons (Fsp3) is 0.500. The standard InChI is InChI=1S/C12H19BrN2/c1-3-4-7-15(2)11-6-5-10(9-14)12(13)8-11/h5-6,8H,3-4,7,9,14H2,1-2H3. The lowest BCUT2D eigenvalue weighted by molar-refractivity contribution is 0.766. The summed E-state index contributed by atoms with van der Waals surface area (Å²) in [6.07, 6.45) is 2.46. The lowest BCUT2D eigenvalue weighted by Crippen LogP contribution is -2.18. The van der Waals surface area contributed by atoms with Gasteiger partial charge in [0.1, 0.15) is 0 Å². The molecule has 0 aromatic heterocycles. The first-order chi connectivity index (χ1) is 7.19. The summed E-state index contributed by atoms with van der Waals surface area (Å²) in [7, 11) is 2.12. The molecule has 2 N–H and O–H groups in total. The molecule has 0 aliphatic heterocycles. The SMILES string of the molecule is CCCCN(C)c1ccc(CN)c(Br)c1. The molecule has 0 radical (unpaired) electrons. The number of unbranched alkanes of at least 4 members (excludes halogenated alkanes) is 1. The topological polar surface area (TPSA) is 29.3 Å². The van der Waals surface area contributed by atoms with Crippen molar-refractivity contribution in [1.29, 1.82) is 0 Å². The summed E-state index contributed by atoms with van der Waals surface area (Å²) < 4.78 is 1.10. The van der Waals surface area contributed by atoms with Gasteiger partial charge in [-0.05, 0) is 24.1 Å². The summed E-state index contributed by atoms with van der Waals surface area (Å²) >= 11 is 3.54. The molecule has 2 nitrogen and oxygen atoms in total. The van der Waals surface area contributed by atoms with E-state index < -0.39 is 0 Å². The van der Waals surface area contributed by atoms with Crippen LogP contribution in [0.1, 0.15) is 25.3 Å². The Hall–Kier alpha value is -0.540. The average Bonchev–Trinajstić information content (AvgIpc) is 2.25. The van der Waals surface area contributed by atoms with Gasteiger partial charge in [0.05, 0.1) is 0 Å². The van der Waals surface area contributed by atoms with E-state index in [1.54, 1.807) is 0 Å². The van der Waals surface area contributed by atoms with Gasteiger partial charge in [-0.3, -0.25) is 0 Å². The van der Waals surface area contributed by atoms with E-state index in [1.165, 1.54) is 18.5 Å². The van der Waals surface area contributed by atoms with E-state index in [0.717, 1.165) is 16.6 Å². The molecular weight excluding hydrogens is 252 g/mol. The second kappa shape index (κ2) is 6.13. The highest BCUT2D eigenvalue weighted by molar-refractivity contribution is 9.10. The van der Waals surface area contributed by atoms with Gasteiger partial charge in [0.15, 0.2) is 0 Å². The van der Waals surface area contributed by atoms with Crippen molar-refractivity contribution in [3.8, 4) is 0 Å². The maximum absolute atomic E-state index is 5.61. The molecule has 0 heterocycles. The third-order valence-electron chi connectivity index (χ3n) is 2.54. The van der Waals surface area contributed by atoms with Gasteiger partial charge >= 0.3 is 0 Å². The first-order valence-electron chi connectivity index (χ1n) is 5.38. The number of benzene rings is 1. The Morgan fingerprint density at radius 3 is 2.67 bits per heavy atom. The quantitative estimate of drug-likeness (QED) is 0.891. The van der Waals surface area contributed by atoms with Crippen LogP contribution in [0.5, 0.6) is 0 Å². The minimum atomic E-state index is 0.583. The van der Waals surface area contributed by atoms with Crippen LogP contribution >= 0.6 is 15.9 Å². The predicted molar refractivity (Wildman–Crippen MR) is 70.2 cm³/mol. The van der Waals surface area contributed by atoms with Crippen LogP contribution in [0, 0.1) is 0 Å². The first-order valence-corrected chi connectivity index (χ1v) is 6.18. The maximum atomic E-state index is 5.61. The normalized spacial score (nSPS) is 10.4. The van der Waals surface area contributed by atoms with E-state index in [4.69, 9.17) is 5.73 Å². The van der Waals surface area contributed by atoms with E-state index in [9.17, 15) is 0 Å². The average molecular weight is 271 g/mol. The molecule has 0 atom stereocenters. The Kier molecular flexibility index (Phi) is 5.12. The fourth-order valence-corrected chi connectivity index (χ4v) is 1.99. The Bertz CT molecular complexity index is 312. The summed E-state index contributed by atoms with van der Waals surface area (Å²) in [5.74, 6) is 0. The zero-order valence-electron chi connectivity index (χ0n) is 9.46. The molecule has 1 aromatic rings. The van der Waals surface area contributed by atoms with Gasteiger partial charge in [-0.25, -0.2) is 0 Å². The molecule has 0 fully saturated rings. The van der Waals surface area contributed by atoms with E-state index >= 15 is 0 Å². The number of nitrogens with two attached hydrogens (primary N) is 1. The number of rotatable bonds is 5. The molecule has 1 rings (SSSR count). The van der Waals surface area contributed by atoms with Gasteiger partial charge in [0, 0.05) is 30.3 Å². The molecule has 0 amide bonds. The van der Waals surface area contributed by atoms with Gasteiger partial charge in [0.25, 0.3) is 0 Å². The van der Waals surface area contributed by atoms with Gasteiger partial charge in [-0.2, -0.15) is 0 Å². The second-order valence-electron chi connectivity index (χ2n) is 3.75. The van der Waals surface area contributed by atoms with Crippen LogP contribution in [0.2, 0.25) is 0 Å². The molecule has 0 bridgehead atoms. The minimum absolute atomic E-state index is 0.583. The largest absolute Gasteiger partial charge is 0.375 e. The molecule has 0 aliphatic carbocycles. The molecule has 0 unspecified atom stereocenters. The van der Waals surface area contributed by atoms with E-state index in [2.05, 4.69) is 53.0 Å². The van der Waals surface area contributed by atoms with Gasteiger partial charge in [-0.15, -0.1) is 0 Å². The van der Waals surface area contributed by atoms with Crippen LogP contribution in [0.15, 0.2) is 22.7 Å². The molecule has 0 spiro atoms. The lowest BCUT2D eigenvalue weighted by Gasteiger charge is -2.19. The number of halogens is 1. The zero-order chi connectivity index (χ0) is 11.3. The Labute approximate surface area is 101 Å². The first kappa shape index (κ1) is 12.5. The number of hydrogen-bond acceptors (Lipinski definition) is 2. The Balaban J connectivity index is 2.73. The van der Waals surface area contributed by atoms with E-state index in [0.29, 0.717) is 6.54 Å². The van der Waals surface area contributed by atoms with Gasteiger partial charge < -0.3 is 10.6 Å². The number of anilines is 1. The van der Waals surface area contributed by atoms with Crippen molar-refractivity contribution in [2.45, 2.75) is 26.3 Å². The summed E-state index contributed by atoms with van der Waals surface area (Å²) in [5, 5.41) is 0. The third kappa shape index (κ3) is 3.50. The van der Waals surface area contributed by atoms with Crippen molar-refractivity contribution in [3.05, 3.63) is 28.2 Å².